The second-order valence-corrected chi connectivity index (χ2v) is 4.84. The summed E-state index contributed by atoms with van der Waals surface area (Å²) < 4.78 is 19.1. The number of carbonyl (C=O) groups excluding carboxylic acids is 1. The fraction of sp³-hybridized carbons (Fsp3) is 0.385. The van der Waals surface area contributed by atoms with Crippen LogP contribution >= 0.6 is 12.2 Å². The second-order valence-electron chi connectivity index (χ2n) is 4.40. The Morgan fingerprint density at radius 1 is 1.47 bits per heavy atom. The zero-order valence-electron chi connectivity index (χ0n) is 10.3. The maximum atomic E-state index is 13.8. The largest absolute Gasteiger partial charge is 0.389 e. The summed E-state index contributed by atoms with van der Waals surface area (Å²) in [5.74, 6) is -0.879. The molecule has 1 heterocycles. The second kappa shape index (κ2) is 6.08. The number of nitrogens with one attached hydrogen (secondary N) is 1. The molecular weight excluding hydrogens is 267 g/mol. The van der Waals surface area contributed by atoms with E-state index in [2.05, 4.69) is 5.32 Å². The van der Waals surface area contributed by atoms with Gasteiger partial charge in [0.1, 0.15) is 16.9 Å². The van der Waals surface area contributed by atoms with Crippen LogP contribution in [0.25, 0.3) is 0 Å². The lowest BCUT2D eigenvalue weighted by Crippen LogP contribution is -2.33. The number of rotatable bonds is 3. The van der Waals surface area contributed by atoms with E-state index in [4.69, 9.17) is 22.7 Å². The zero-order chi connectivity index (χ0) is 13.8. The summed E-state index contributed by atoms with van der Waals surface area (Å²) in [4.78, 5) is 12.0. The van der Waals surface area contributed by atoms with Gasteiger partial charge in [0, 0.05) is 12.2 Å². The van der Waals surface area contributed by atoms with Gasteiger partial charge in [-0.15, -0.1) is 0 Å². The van der Waals surface area contributed by atoms with Gasteiger partial charge in [0.05, 0.1) is 5.69 Å². The van der Waals surface area contributed by atoms with Crippen LogP contribution in [0, 0.1) is 5.82 Å². The summed E-state index contributed by atoms with van der Waals surface area (Å²) in [7, 11) is 0. The number of ether oxygens (including phenoxy) is 1. The molecule has 3 N–H and O–H groups in total. The van der Waals surface area contributed by atoms with E-state index < -0.39 is 11.9 Å². The third kappa shape index (κ3) is 3.48. The highest BCUT2D eigenvalue weighted by molar-refractivity contribution is 7.80. The van der Waals surface area contributed by atoms with Crippen molar-refractivity contribution >= 4 is 28.8 Å². The van der Waals surface area contributed by atoms with Gasteiger partial charge in [0.2, 0.25) is 0 Å². The van der Waals surface area contributed by atoms with Crippen molar-refractivity contribution in [3.05, 3.63) is 29.6 Å². The van der Waals surface area contributed by atoms with Gasteiger partial charge in [-0.2, -0.15) is 0 Å². The van der Waals surface area contributed by atoms with E-state index in [1.807, 2.05) is 0 Å². The Balaban J connectivity index is 2.06. The predicted molar refractivity (Wildman–Crippen MR) is 74.5 cm³/mol. The first kappa shape index (κ1) is 13.9. The van der Waals surface area contributed by atoms with Crippen molar-refractivity contribution in [1.29, 1.82) is 0 Å². The molecule has 4 nitrogen and oxygen atoms in total. The Hall–Kier alpha value is -1.53. The number of hydrogen-bond acceptors (Lipinski definition) is 3. The van der Waals surface area contributed by atoms with Crippen molar-refractivity contribution in [2.75, 3.05) is 11.9 Å². The minimum Gasteiger partial charge on any atom is -0.389 e. The molecule has 1 aromatic carbocycles. The van der Waals surface area contributed by atoms with Crippen LogP contribution in [0.3, 0.4) is 0 Å². The van der Waals surface area contributed by atoms with Crippen LogP contribution < -0.4 is 11.1 Å². The first-order valence-electron chi connectivity index (χ1n) is 6.10. The number of nitrogens with two attached hydrogens (primary N) is 1. The number of hydrogen-bond donors (Lipinski definition) is 2. The van der Waals surface area contributed by atoms with Crippen LogP contribution in [0.5, 0.6) is 0 Å². The van der Waals surface area contributed by atoms with Gasteiger partial charge in [-0.05, 0) is 37.5 Å². The minimum absolute atomic E-state index is 0.110. The van der Waals surface area contributed by atoms with Gasteiger partial charge in [0.15, 0.2) is 0 Å². The molecule has 0 saturated carbocycles. The third-order valence-corrected chi connectivity index (χ3v) is 3.22. The van der Waals surface area contributed by atoms with Gasteiger partial charge in [-0.25, -0.2) is 4.39 Å². The molecule has 0 spiro atoms. The highest BCUT2D eigenvalue weighted by Gasteiger charge is 2.22. The van der Waals surface area contributed by atoms with Crippen LogP contribution in [0.4, 0.5) is 10.1 Å². The van der Waals surface area contributed by atoms with E-state index in [1.54, 1.807) is 6.07 Å². The molecule has 1 saturated heterocycles. The van der Waals surface area contributed by atoms with Crippen molar-refractivity contribution in [3.63, 3.8) is 0 Å². The monoisotopic (exact) mass is 282 g/mol. The third-order valence-electron chi connectivity index (χ3n) is 2.98. The molecule has 1 aliphatic heterocycles. The number of anilines is 1. The van der Waals surface area contributed by atoms with Gasteiger partial charge in [0.25, 0.3) is 5.91 Å². The molecule has 19 heavy (non-hydrogen) atoms. The lowest BCUT2D eigenvalue weighted by molar-refractivity contribution is -0.130. The fourth-order valence-electron chi connectivity index (χ4n) is 1.93. The topological polar surface area (TPSA) is 64.3 Å². The average molecular weight is 282 g/mol. The van der Waals surface area contributed by atoms with Crippen molar-refractivity contribution in [2.24, 2.45) is 5.73 Å². The average Bonchev–Trinajstić information content (AvgIpc) is 2.41. The molecule has 1 atom stereocenters. The van der Waals surface area contributed by atoms with E-state index in [0.29, 0.717) is 18.6 Å². The summed E-state index contributed by atoms with van der Waals surface area (Å²) >= 11 is 4.76. The molecule has 1 unspecified atom stereocenters. The Morgan fingerprint density at radius 2 is 2.26 bits per heavy atom. The molecule has 0 radical (unpaired) electrons. The maximum absolute atomic E-state index is 13.8. The molecule has 2 rings (SSSR count). The quantitative estimate of drug-likeness (QED) is 0.832. The van der Waals surface area contributed by atoms with Gasteiger partial charge in [-0.1, -0.05) is 12.2 Å². The Morgan fingerprint density at radius 3 is 2.84 bits per heavy atom. The summed E-state index contributed by atoms with van der Waals surface area (Å²) in [6.45, 7) is 0.570. The Bertz CT molecular complexity index is 501. The molecule has 102 valence electrons. The SMILES string of the molecule is NC(=S)c1ccc(NC(=O)C2CCCCO2)c(F)c1. The summed E-state index contributed by atoms with van der Waals surface area (Å²) in [6, 6.07) is 4.23. The molecular formula is C13H15FN2O2S. The van der Waals surface area contributed by atoms with E-state index in [-0.39, 0.29) is 16.6 Å². The first-order chi connectivity index (χ1) is 9.08. The number of benzene rings is 1. The lowest BCUT2D eigenvalue weighted by Gasteiger charge is -2.21. The predicted octanol–water partition coefficient (Wildman–Crippen LogP) is 1.97. The summed E-state index contributed by atoms with van der Waals surface area (Å²) in [6.07, 6.45) is 2.07. The lowest BCUT2D eigenvalue weighted by atomic mass is 10.1. The molecule has 1 aliphatic rings. The first-order valence-corrected chi connectivity index (χ1v) is 6.50. The minimum atomic E-state index is -0.561. The van der Waals surface area contributed by atoms with E-state index in [9.17, 15) is 9.18 Å². The zero-order valence-corrected chi connectivity index (χ0v) is 11.1. The van der Waals surface area contributed by atoms with Crippen LogP contribution in [0.1, 0.15) is 24.8 Å². The van der Waals surface area contributed by atoms with Crippen LogP contribution in [-0.2, 0) is 9.53 Å². The van der Waals surface area contributed by atoms with E-state index in [1.165, 1.54) is 12.1 Å². The number of halogens is 1. The summed E-state index contributed by atoms with van der Waals surface area (Å²) in [5.41, 5.74) is 5.95. The molecule has 6 heteroatoms. The summed E-state index contributed by atoms with van der Waals surface area (Å²) in [5, 5.41) is 2.52. The molecule has 1 aromatic rings. The fourth-order valence-corrected chi connectivity index (χ4v) is 2.06. The van der Waals surface area contributed by atoms with Crippen LogP contribution in [0.15, 0.2) is 18.2 Å². The molecule has 0 aromatic heterocycles. The van der Waals surface area contributed by atoms with Gasteiger partial charge < -0.3 is 15.8 Å². The van der Waals surface area contributed by atoms with E-state index >= 15 is 0 Å². The van der Waals surface area contributed by atoms with Gasteiger partial charge in [-0.3, -0.25) is 4.79 Å². The highest BCUT2D eigenvalue weighted by atomic mass is 32.1. The normalized spacial score (nSPS) is 18.9. The number of amides is 1. The van der Waals surface area contributed by atoms with Crippen molar-refractivity contribution < 1.29 is 13.9 Å². The maximum Gasteiger partial charge on any atom is 0.253 e. The standard InChI is InChI=1S/C13H15FN2O2S/c14-9-7-8(12(15)19)4-5-10(9)16-13(17)11-3-1-2-6-18-11/h4-5,7,11H,1-3,6H2,(H2,15,19)(H,16,17). The molecule has 1 fully saturated rings. The van der Waals surface area contributed by atoms with Crippen molar-refractivity contribution in [1.82, 2.24) is 0 Å². The Kier molecular flexibility index (Phi) is 4.44. The van der Waals surface area contributed by atoms with E-state index in [0.717, 1.165) is 12.8 Å². The smallest absolute Gasteiger partial charge is 0.253 e. The van der Waals surface area contributed by atoms with Crippen molar-refractivity contribution in [3.8, 4) is 0 Å². The molecule has 0 aliphatic carbocycles. The van der Waals surface area contributed by atoms with Crippen LogP contribution in [0.2, 0.25) is 0 Å². The Labute approximate surface area is 116 Å². The molecule has 0 bridgehead atoms. The molecule has 1 amide bonds. The number of carbonyl (C=O) groups is 1. The van der Waals surface area contributed by atoms with Crippen molar-refractivity contribution in [2.45, 2.75) is 25.4 Å². The van der Waals surface area contributed by atoms with Gasteiger partial charge >= 0.3 is 0 Å². The van der Waals surface area contributed by atoms with Crippen LogP contribution in [-0.4, -0.2) is 23.6 Å². The highest BCUT2D eigenvalue weighted by Crippen LogP contribution is 2.19. The number of thiocarbonyl (C=S) groups is 1.